The van der Waals surface area contributed by atoms with Crippen molar-refractivity contribution in [3.8, 4) is 0 Å². The number of hydrogen-bond acceptors (Lipinski definition) is 1. The maximum atomic E-state index is 3.59. The fraction of sp³-hybridized carbons (Fsp3) is 1.00. The highest BCUT2D eigenvalue weighted by molar-refractivity contribution is 4.88. The summed E-state index contributed by atoms with van der Waals surface area (Å²) >= 11 is 0. The van der Waals surface area contributed by atoms with E-state index in [4.69, 9.17) is 0 Å². The first-order valence-electron chi connectivity index (χ1n) is 4.26. The molecule has 1 fully saturated rings. The quantitative estimate of drug-likeness (QED) is 0.545. The summed E-state index contributed by atoms with van der Waals surface area (Å²) < 4.78 is 0. The van der Waals surface area contributed by atoms with Crippen molar-refractivity contribution in [2.24, 2.45) is 5.41 Å². The van der Waals surface area contributed by atoms with Crippen LogP contribution in [0.3, 0.4) is 0 Å². The molecule has 0 aliphatic carbocycles. The topological polar surface area (TPSA) is 12.0 Å². The van der Waals surface area contributed by atoms with Crippen molar-refractivity contribution in [2.45, 2.75) is 52.6 Å². The maximum absolute atomic E-state index is 3.59. The van der Waals surface area contributed by atoms with Gasteiger partial charge in [0.1, 0.15) is 0 Å². The summed E-state index contributed by atoms with van der Waals surface area (Å²) in [5, 5.41) is 3.59. The van der Waals surface area contributed by atoms with Gasteiger partial charge in [-0.25, -0.2) is 0 Å². The highest BCUT2D eigenvalue weighted by Crippen LogP contribution is 2.27. The molecule has 1 heteroatoms. The van der Waals surface area contributed by atoms with Crippen LogP contribution in [0.15, 0.2) is 0 Å². The van der Waals surface area contributed by atoms with Crippen LogP contribution in [0.4, 0.5) is 0 Å². The first-order valence-corrected chi connectivity index (χ1v) is 4.26. The molecule has 0 aromatic heterocycles. The summed E-state index contributed by atoms with van der Waals surface area (Å²) in [6.45, 7) is 9.19. The van der Waals surface area contributed by atoms with E-state index < -0.39 is 0 Å². The Morgan fingerprint density at radius 1 is 1.20 bits per heavy atom. The number of rotatable bonds is 0. The third-order valence-electron chi connectivity index (χ3n) is 2.42. The van der Waals surface area contributed by atoms with Gasteiger partial charge in [0.2, 0.25) is 0 Å². The van der Waals surface area contributed by atoms with Crippen LogP contribution >= 0.6 is 0 Å². The van der Waals surface area contributed by atoms with Gasteiger partial charge in [0.15, 0.2) is 0 Å². The van der Waals surface area contributed by atoms with E-state index in [2.05, 4.69) is 33.0 Å². The Morgan fingerprint density at radius 2 is 1.80 bits per heavy atom. The van der Waals surface area contributed by atoms with Gasteiger partial charge < -0.3 is 5.32 Å². The van der Waals surface area contributed by atoms with E-state index in [-0.39, 0.29) is 0 Å². The molecule has 1 nitrogen and oxygen atoms in total. The predicted molar refractivity (Wildman–Crippen MR) is 45.1 cm³/mol. The highest BCUT2D eigenvalue weighted by Gasteiger charge is 2.29. The molecule has 1 N–H and O–H groups in total. The Hall–Kier alpha value is -0.0400. The second kappa shape index (κ2) is 2.54. The van der Waals surface area contributed by atoms with Crippen molar-refractivity contribution in [1.82, 2.24) is 5.32 Å². The minimum Gasteiger partial charge on any atom is -0.311 e. The zero-order valence-corrected chi connectivity index (χ0v) is 7.57. The third kappa shape index (κ3) is 1.72. The van der Waals surface area contributed by atoms with Crippen molar-refractivity contribution < 1.29 is 0 Å². The minimum atomic E-state index is 0.449. The SMILES string of the molecule is CC1CCC(C(C)(C)C)N1. The number of nitrogens with one attached hydrogen (secondary N) is 1. The summed E-state index contributed by atoms with van der Waals surface area (Å²) in [5.74, 6) is 0. The van der Waals surface area contributed by atoms with Gasteiger partial charge in [0.05, 0.1) is 0 Å². The summed E-state index contributed by atoms with van der Waals surface area (Å²) in [6, 6.07) is 1.48. The van der Waals surface area contributed by atoms with E-state index in [1.807, 2.05) is 0 Å². The standard InChI is InChI=1S/C9H19N/c1-7-5-6-8(10-7)9(2,3)4/h7-8,10H,5-6H2,1-4H3. The van der Waals surface area contributed by atoms with E-state index in [1.165, 1.54) is 12.8 Å². The molecule has 1 rings (SSSR count). The van der Waals surface area contributed by atoms with Gasteiger partial charge >= 0.3 is 0 Å². The van der Waals surface area contributed by atoms with Crippen molar-refractivity contribution in [2.75, 3.05) is 0 Å². The number of hydrogen-bond donors (Lipinski definition) is 1. The predicted octanol–water partition coefficient (Wildman–Crippen LogP) is 2.17. The van der Waals surface area contributed by atoms with Crippen molar-refractivity contribution in [1.29, 1.82) is 0 Å². The third-order valence-corrected chi connectivity index (χ3v) is 2.42. The van der Waals surface area contributed by atoms with Gasteiger partial charge in [-0.15, -0.1) is 0 Å². The van der Waals surface area contributed by atoms with Crippen LogP contribution in [0.1, 0.15) is 40.5 Å². The van der Waals surface area contributed by atoms with Crippen LogP contribution < -0.4 is 5.32 Å². The highest BCUT2D eigenvalue weighted by atomic mass is 15.0. The van der Waals surface area contributed by atoms with Crippen LogP contribution in [0, 0.1) is 5.41 Å². The lowest BCUT2D eigenvalue weighted by Gasteiger charge is -2.27. The molecular weight excluding hydrogens is 122 g/mol. The summed E-state index contributed by atoms with van der Waals surface area (Å²) in [6.07, 6.45) is 2.70. The second-order valence-electron chi connectivity index (χ2n) is 4.56. The van der Waals surface area contributed by atoms with Crippen molar-refractivity contribution in [3.63, 3.8) is 0 Å². The van der Waals surface area contributed by atoms with E-state index in [0.717, 1.165) is 12.1 Å². The lowest BCUT2D eigenvalue weighted by atomic mass is 9.86. The summed E-state index contributed by atoms with van der Waals surface area (Å²) in [5.41, 5.74) is 0.449. The van der Waals surface area contributed by atoms with Crippen LogP contribution in [0.2, 0.25) is 0 Å². The smallest absolute Gasteiger partial charge is 0.0119 e. The average Bonchev–Trinajstić information content (AvgIpc) is 2.11. The lowest BCUT2D eigenvalue weighted by molar-refractivity contribution is 0.288. The molecule has 0 radical (unpaired) electrons. The molecule has 1 aliphatic rings. The molecule has 0 aromatic carbocycles. The van der Waals surface area contributed by atoms with Crippen molar-refractivity contribution >= 4 is 0 Å². The zero-order chi connectivity index (χ0) is 7.78. The molecule has 0 spiro atoms. The van der Waals surface area contributed by atoms with Gasteiger partial charge in [-0.05, 0) is 25.2 Å². The molecule has 60 valence electrons. The fourth-order valence-corrected chi connectivity index (χ4v) is 1.61. The van der Waals surface area contributed by atoms with E-state index in [1.54, 1.807) is 0 Å². The van der Waals surface area contributed by atoms with E-state index >= 15 is 0 Å². The van der Waals surface area contributed by atoms with Gasteiger partial charge in [-0.1, -0.05) is 20.8 Å². The Bertz CT molecular complexity index is 112. The van der Waals surface area contributed by atoms with Gasteiger partial charge in [-0.3, -0.25) is 0 Å². The Morgan fingerprint density at radius 3 is 2.00 bits per heavy atom. The molecule has 1 saturated heterocycles. The maximum Gasteiger partial charge on any atom is 0.0119 e. The Balaban J connectivity index is 2.45. The second-order valence-corrected chi connectivity index (χ2v) is 4.56. The molecule has 2 atom stereocenters. The minimum absolute atomic E-state index is 0.449. The molecule has 0 saturated carbocycles. The normalized spacial score (nSPS) is 34.8. The van der Waals surface area contributed by atoms with Crippen molar-refractivity contribution in [3.05, 3.63) is 0 Å². The average molecular weight is 141 g/mol. The largest absolute Gasteiger partial charge is 0.311 e. The van der Waals surface area contributed by atoms with Crippen LogP contribution in [-0.4, -0.2) is 12.1 Å². The molecule has 0 aromatic rings. The summed E-state index contributed by atoms with van der Waals surface area (Å²) in [7, 11) is 0. The molecule has 2 unspecified atom stereocenters. The molecule has 0 amide bonds. The molecule has 0 bridgehead atoms. The van der Waals surface area contributed by atoms with Crippen LogP contribution in [-0.2, 0) is 0 Å². The molecular formula is C9H19N. The zero-order valence-electron chi connectivity index (χ0n) is 7.57. The molecule has 10 heavy (non-hydrogen) atoms. The monoisotopic (exact) mass is 141 g/mol. The molecule has 1 heterocycles. The van der Waals surface area contributed by atoms with Gasteiger partial charge in [0, 0.05) is 12.1 Å². The Labute approximate surface area is 64.2 Å². The fourth-order valence-electron chi connectivity index (χ4n) is 1.61. The van der Waals surface area contributed by atoms with Gasteiger partial charge in [0.25, 0.3) is 0 Å². The lowest BCUT2D eigenvalue weighted by Crippen LogP contribution is -2.37. The van der Waals surface area contributed by atoms with Gasteiger partial charge in [-0.2, -0.15) is 0 Å². The van der Waals surface area contributed by atoms with Crippen LogP contribution in [0.25, 0.3) is 0 Å². The van der Waals surface area contributed by atoms with E-state index in [0.29, 0.717) is 5.41 Å². The Kier molecular flexibility index (Phi) is 2.04. The summed E-state index contributed by atoms with van der Waals surface area (Å²) in [4.78, 5) is 0. The molecule has 1 aliphatic heterocycles. The van der Waals surface area contributed by atoms with E-state index in [9.17, 15) is 0 Å². The van der Waals surface area contributed by atoms with Crippen LogP contribution in [0.5, 0.6) is 0 Å². The first-order chi connectivity index (χ1) is 4.50. The first kappa shape index (κ1) is 8.06.